The van der Waals surface area contributed by atoms with Crippen molar-refractivity contribution in [2.75, 3.05) is 5.73 Å². The third kappa shape index (κ3) is 2.66. The van der Waals surface area contributed by atoms with Gasteiger partial charge in [-0.3, -0.25) is 0 Å². The fourth-order valence-corrected chi connectivity index (χ4v) is 2.33. The second-order valence-electron chi connectivity index (χ2n) is 4.39. The molecule has 3 rings (SSSR count). The van der Waals surface area contributed by atoms with E-state index in [1.54, 1.807) is 10.9 Å². The molecule has 0 amide bonds. The molecule has 0 aliphatic heterocycles. The van der Waals surface area contributed by atoms with Crippen molar-refractivity contribution in [2.45, 2.75) is 13.3 Å². The second-order valence-corrected chi connectivity index (χ2v) is 5.24. The molecule has 0 bridgehead atoms. The number of fused-ring (bicyclic) bond motifs is 1. The lowest BCUT2D eigenvalue weighted by molar-refractivity contribution is 0.0566. The molecule has 0 atom stereocenters. The van der Waals surface area contributed by atoms with E-state index in [9.17, 15) is 0 Å². The van der Waals surface area contributed by atoms with Gasteiger partial charge in [-0.25, -0.2) is 9.67 Å². The molecule has 0 unspecified atom stereocenters. The predicted molar refractivity (Wildman–Crippen MR) is 80.9 cm³/mol. The van der Waals surface area contributed by atoms with Crippen molar-refractivity contribution in [1.82, 2.24) is 14.8 Å². The first kappa shape index (κ1) is 13.1. The number of nitrogen functional groups attached to an aromatic ring is 1. The summed E-state index contributed by atoms with van der Waals surface area (Å²) in [6.45, 7) is 0.918. The number of ether oxygens (including phenoxy) is 1. The molecule has 0 fully saturated rings. The van der Waals surface area contributed by atoms with E-state index >= 15 is 0 Å². The number of halogens is 1. The smallest absolute Gasteiger partial charge is 0.139 e. The first-order valence-electron chi connectivity index (χ1n) is 6.13. The molecule has 0 spiro atoms. The van der Waals surface area contributed by atoms with Crippen LogP contribution in [0.2, 0.25) is 0 Å². The number of nitrogens with two attached hydrogens (primary N) is 1. The van der Waals surface area contributed by atoms with Crippen LogP contribution < -0.4 is 5.73 Å². The molecule has 2 N–H and O–H groups in total. The monoisotopic (exact) mass is 332 g/mol. The Morgan fingerprint density at radius 2 is 2.05 bits per heavy atom. The summed E-state index contributed by atoms with van der Waals surface area (Å²) in [4.78, 5) is 4.08. The van der Waals surface area contributed by atoms with Gasteiger partial charge in [0.25, 0.3) is 0 Å². The lowest BCUT2D eigenvalue weighted by atomic mass is 10.2. The molecule has 0 aliphatic carbocycles. The molecule has 102 valence electrons. The van der Waals surface area contributed by atoms with Crippen LogP contribution in [0.5, 0.6) is 0 Å². The molecule has 0 saturated heterocycles. The molecule has 6 heteroatoms. The Morgan fingerprint density at radius 1 is 1.25 bits per heavy atom. The van der Waals surface area contributed by atoms with Crippen LogP contribution in [0.4, 0.5) is 5.82 Å². The van der Waals surface area contributed by atoms with Crippen molar-refractivity contribution in [2.24, 2.45) is 0 Å². The van der Waals surface area contributed by atoms with Crippen LogP contribution in [0.1, 0.15) is 5.56 Å². The van der Waals surface area contributed by atoms with Gasteiger partial charge in [-0.15, -0.1) is 0 Å². The Balaban J connectivity index is 1.72. The van der Waals surface area contributed by atoms with Crippen molar-refractivity contribution in [3.63, 3.8) is 0 Å². The molecule has 5 nitrogen and oxygen atoms in total. The molecule has 0 aliphatic rings. The van der Waals surface area contributed by atoms with Gasteiger partial charge in [0.15, 0.2) is 0 Å². The van der Waals surface area contributed by atoms with E-state index in [1.807, 2.05) is 36.5 Å². The lowest BCUT2D eigenvalue weighted by Gasteiger charge is -2.03. The molecular formula is C14H13BrN4O. The largest absolute Gasteiger partial charge is 0.383 e. The van der Waals surface area contributed by atoms with Gasteiger partial charge in [0.2, 0.25) is 0 Å². The Bertz CT molecular complexity index is 688. The second kappa shape index (κ2) is 5.60. The summed E-state index contributed by atoms with van der Waals surface area (Å²) in [6, 6.07) is 10.0. The maximum Gasteiger partial charge on any atom is 0.139 e. The van der Waals surface area contributed by atoms with Crippen LogP contribution in [0, 0.1) is 0 Å². The van der Waals surface area contributed by atoms with Crippen molar-refractivity contribution in [1.29, 1.82) is 0 Å². The summed E-state index contributed by atoms with van der Waals surface area (Å²) in [6.07, 6.45) is 3.49. The van der Waals surface area contributed by atoms with E-state index in [2.05, 4.69) is 26.0 Å². The lowest BCUT2D eigenvalue weighted by Crippen LogP contribution is -2.02. The first-order chi connectivity index (χ1) is 9.74. The third-order valence-electron chi connectivity index (χ3n) is 2.92. The maximum atomic E-state index is 5.83. The average molecular weight is 333 g/mol. The molecule has 0 radical (unpaired) electrons. The Morgan fingerprint density at radius 3 is 2.80 bits per heavy atom. The van der Waals surface area contributed by atoms with Gasteiger partial charge < -0.3 is 10.5 Å². The van der Waals surface area contributed by atoms with Crippen LogP contribution in [0.3, 0.4) is 0 Å². The van der Waals surface area contributed by atoms with Gasteiger partial charge in [0.1, 0.15) is 18.1 Å². The standard InChI is InChI=1S/C14H13BrN4O/c15-12-6-17-14(16)11-7-19(18-13(11)12)9-20-8-10-4-2-1-3-5-10/h1-7H,8-9H2,(H2,16,17). The van der Waals surface area contributed by atoms with E-state index in [-0.39, 0.29) is 0 Å². The van der Waals surface area contributed by atoms with E-state index in [0.717, 1.165) is 20.9 Å². The molecule has 3 aromatic rings. The molecule has 1 aromatic carbocycles. The zero-order chi connectivity index (χ0) is 13.9. The Labute approximate surface area is 124 Å². The minimum atomic E-state index is 0.370. The summed E-state index contributed by atoms with van der Waals surface area (Å²) in [5, 5.41) is 5.25. The van der Waals surface area contributed by atoms with Crippen LogP contribution in [0.25, 0.3) is 10.9 Å². The van der Waals surface area contributed by atoms with Gasteiger partial charge in [-0.1, -0.05) is 30.3 Å². The summed E-state index contributed by atoms with van der Waals surface area (Å²) in [5.41, 5.74) is 7.76. The van der Waals surface area contributed by atoms with Gasteiger partial charge in [-0.2, -0.15) is 5.10 Å². The molecule has 20 heavy (non-hydrogen) atoms. The number of hydrogen-bond donors (Lipinski definition) is 1. The van der Waals surface area contributed by atoms with Gasteiger partial charge in [0, 0.05) is 12.4 Å². The Hall–Kier alpha value is -1.92. The number of nitrogens with zero attached hydrogens (tertiary/aromatic N) is 3. The quantitative estimate of drug-likeness (QED) is 0.797. The van der Waals surface area contributed by atoms with E-state index in [4.69, 9.17) is 10.5 Å². The van der Waals surface area contributed by atoms with Crippen LogP contribution >= 0.6 is 15.9 Å². The van der Waals surface area contributed by atoms with Gasteiger partial charge in [0.05, 0.1) is 16.5 Å². The van der Waals surface area contributed by atoms with Crippen molar-refractivity contribution in [3.8, 4) is 0 Å². The highest BCUT2D eigenvalue weighted by atomic mass is 79.9. The highest BCUT2D eigenvalue weighted by molar-refractivity contribution is 9.10. The number of rotatable bonds is 4. The summed E-state index contributed by atoms with van der Waals surface area (Å²) in [7, 11) is 0. The normalized spacial score (nSPS) is 11.1. The van der Waals surface area contributed by atoms with Gasteiger partial charge in [-0.05, 0) is 21.5 Å². The van der Waals surface area contributed by atoms with E-state index in [0.29, 0.717) is 19.2 Å². The molecule has 0 saturated carbocycles. The topological polar surface area (TPSA) is 66.0 Å². The molecule has 2 heterocycles. The highest BCUT2D eigenvalue weighted by Gasteiger charge is 2.08. The zero-order valence-corrected chi connectivity index (χ0v) is 12.2. The van der Waals surface area contributed by atoms with Crippen molar-refractivity contribution >= 4 is 32.7 Å². The number of pyridine rings is 1. The predicted octanol–water partition coefficient (Wildman–Crippen LogP) is 2.95. The number of hydrogen-bond acceptors (Lipinski definition) is 4. The molecular weight excluding hydrogens is 320 g/mol. The fraction of sp³-hybridized carbons (Fsp3) is 0.143. The summed E-state index contributed by atoms with van der Waals surface area (Å²) < 4.78 is 8.18. The van der Waals surface area contributed by atoms with Crippen LogP contribution in [0.15, 0.2) is 47.2 Å². The first-order valence-corrected chi connectivity index (χ1v) is 6.92. The number of benzene rings is 1. The van der Waals surface area contributed by atoms with Crippen LogP contribution in [-0.4, -0.2) is 14.8 Å². The fourth-order valence-electron chi connectivity index (χ4n) is 1.94. The van der Waals surface area contributed by atoms with Gasteiger partial charge >= 0.3 is 0 Å². The summed E-state index contributed by atoms with van der Waals surface area (Å²) >= 11 is 3.41. The summed E-state index contributed by atoms with van der Waals surface area (Å²) in [5.74, 6) is 0.470. The minimum Gasteiger partial charge on any atom is -0.383 e. The molecule has 2 aromatic heterocycles. The van der Waals surface area contributed by atoms with Crippen molar-refractivity contribution < 1.29 is 4.74 Å². The number of aromatic nitrogens is 3. The highest BCUT2D eigenvalue weighted by Crippen LogP contribution is 2.25. The minimum absolute atomic E-state index is 0.370. The zero-order valence-electron chi connectivity index (χ0n) is 10.7. The Kier molecular flexibility index (Phi) is 3.66. The third-order valence-corrected chi connectivity index (χ3v) is 3.50. The van der Waals surface area contributed by atoms with E-state index < -0.39 is 0 Å². The van der Waals surface area contributed by atoms with E-state index in [1.165, 1.54) is 0 Å². The SMILES string of the molecule is Nc1ncc(Br)c2nn(COCc3ccccc3)cc12. The maximum absolute atomic E-state index is 5.83. The van der Waals surface area contributed by atoms with Crippen LogP contribution in [-0.2, 0) is 18.1 Å². The number of anilines is 1. The average Bonchev–Trinajstić information content (AvgIpc) is 2.90. The van der Waals surface area contributed by atoms with Crippen molar-refractivity contribution in [3.05, 3.63) is 52.8 Å².